The minimum Gasteiger partial charge on any atom is -0.494 e. The van der Waals surface area contributed by atoms with Crippen LogP contribution >= 0.6 is 0 Å². The van der Waals surface area contributed by atoms with Crippen LogP contribution in [0.15, 0.2) is 48.5 Å². The van der Waals surface area contributed by atoms with Crippen LogP contribution in [-0.2, 0) is 0 Å². The summed E-state index contributed by atoms with van der Waals surface area (Å²) in [5, 5.41) is 0. The average Bonchev–Trinajstić information content (AvgIpc) is 2.86. The summed E-state index contributed by atoms with van der Waals surface area (Å²) >= 11 is 0. The van der Waals surface area contributed by atoms with Gasteiger partial charge >= 0.3 is 5.97 Å². The highest BCUT2D eigenvalue weighted by molar-refractivity contribution is 5.91. The number of unbranched alkanes of at least 4 members (excludes halogenated alkanes) is 5. The molecule has 0 N–H and O–H groups in total. The second-order valence-electron chi connectivity index (χ2n) is 9.61. The average molecular weight is 451 g/mol. The Morgan fingerprint density at radius 1 is 0.758 bits per heavy atom. The number of hydrogen-bond acceptors (Lipinski definition) is 3. The van der Waals surface area contributed by atoms with E-state index >= 15 is 0 Å². The van der Waals surface area contributed by atoms with Crippen molar-refractivity contribution < 1.29 is 14.3 Å². The standard InChI is InChI=1S/C30H42O3/c1-3-5-7-8-9-10-24-11-13-25(14-12-24)26-15-17-27(18-16-26)30(31)33-29-21-19-28(20-22-29)32-23-6-4-2/h15-22,24-25H,3-14,23H2,1-2H3. The largest absolute Gasteiger partial charge is 0.494 e. The Kier molecular flexibility index (Phi) is 10.8. The summed E-state index contributed by atoms with van der Waals surface area (Å²) in [7, 11) is 0. The van der Waals surface area contributed by atoms with Gasteiger partial charge < -0.3 is 9.47 Å². The molecule has 0 radical (unpaired) electrons. The quantitative estimate of drug-likeness (QED) is 0.174. The Bertz CT molecular complexity index is 801. The van der Waals surface area contributed by atoms with Gasteiger partial charge in [-0.05, 0) is 85.9 Å². The third kappa shape index (κ3) is 8.53. The van der Waals surface area contributed by atoms with Gasteiger partial charge in [0.2, 0.25) is 0 Å². The third-order valence-electron chi connectivity index (χ3n) is 6.98. The maximum Gasteiger partial charge on any atom is 0.343 e. The van der Waals surface area contributed by atoms with Gasteiger partial charge in [-0.1, -0.05) is 70.9 Å². The highest BCUT2D eigenvalue weighted by Crippen LogP contribution is 2.37. The lowest BCUT2D eigenvalue weighted by Crippen LogP contribution is -2.14. The van der Waals surface area contributed by atoms with Crippen molar-refractivity contribution in [3.05, 3.63) is 59.7 Å². The molecule has 3 heteroatoms. The summed E-state index contributed by atoms with van der Waals surface area (Å²) in [5.74, 6) is 2.58. The lowest BCUT2D eigenvalue weighted by molar-refractivity contribution is 0.0734. The van der Waals surface area contributed by atoms with Crippen LogP contribution in [0, 0.1) is 5.92 Å². The van der Waals surface area contributed by atoms with Gasteiger partial charge in [0.15, 0.2) is 0 Å². The Labute approximate surface area is 200 Å². The summed E-state index contributed by atoms with van der Waals surface area (Å²) in [5.41, 5.74) is 1.96. The van der Waals surface area contributed by atoms with Crippen molar-refractivity contribution in [2.75, 3.05) is 6.61 Å². The molecule has 1 fully saturated rings. The first-order chi connectivity index (χ1) is 16.2. The van der Waals surface area contributed by atoms with Crippen LogP contribution in [0.25, 0.3) is 0 Å². The van der Waals surface area contributed by atoms with Crippen LogP contribution in [0.2, 0.25) is 0 Å². The molecule has 0 aromatic heterocycles. The fraction of sp³-hybridized carbons (Fsp3) is 0.567. The molecule has 0 unspecified atom stereocenters. The molecule has 0 bridgehead atoms. The van der Waals surface area contributed by atoms with Crippen LogP contribution in [0.3, 0.4) is 0 Å². The minimum atomic E-state index is -0.312. The van der Waals surface area contributed by atoms with Crippen molar-refractivity contribution >= 4 is 5.97 Å². The lowest BCUT2D eigenvalue weighted by Gasteiger charge is -2.29. The fourth-order valence-electron chi connectivity index (χ4n) is 4.82. The number of hydrogen-bond donors (Lipinski definition) is 0. The predicted molar refractivity (Wildman–Crippen MR) is 136 cm³/mol. The second-order valence-corrected chi connectivity index (χ2v) is 9.61. The summed E-state index contributed by atoms with van der Waals surface area (Å²) in [6.45, 7) is 5.13. The van der Waals surface area contributed by atoms with E-state index in [-0.39, 0.29) is 5.97 Å². The predicted octanol–water partition coefficient (Wildman–Crippen LogP) is 8.72. The monoisotopic (exact) mass is 450 g/mol. The lowest BCUT2D eigenvalue weighted by atomic mass is 9.77. The van der Waals surface area contributed by atoms with Gasteiger partial charge in [0, 0.05) is 0 Å². The Hall–Kier alpha value is -2.29. The van der Waals surface area contributed by atoms with Crippen LogP contribution in [0.1, 0.15) is 113 Å². The molecule has 0 amide bonds. The SMILES string of the molecule is CCCCCCCC1CCC(c2ccc(C(=O)Oc3ccc(OCCCC)cc3)cc2)CC1. The zero-order valence-corrected chi connectivity index (χ0v) is 20.7. The van der Waals surface area contributed by atoms with Crippen LogP contribution in [-0.4, -0.2) is 12.6 Å². The maximum atomic E-state index is 12.6. The van der Waals surface area contributed by atoms with Gasteiger partial charge in [-0.3, -0.25) is 0 Å². The molecule has 2 aromatic carbocycles. The molecule has 1 aliphatic carbocycles. The van der Waals surface area contributed by atoms with Crippen LogP contribution < -0.4 is 9.47 Å². The Morgan fingerprint density at radius 3 is 2.06 bits per heavy atom. The summed E-state index contributed by atoms with van der Waals surface area (Å²) in [6, 6.07) is 15.4. The molecule has 2 aromatic rings. The maximum absolute atomic E-state index is 12.6. The van der Waals surface area contributed by atoms with E-state index in [0.29, 0.717) is 23.8 Å². The molecule has 0 saturated heterocycles. The summed E-state index contributed by atoms with van der Waals surface area (Å²) < 4.78 is 11.2. The van der Waals surface area contributed by atoms with Crippen molar-refractivity contribution in [2.24, 2.45) is 5.92 Å². The number of ether oxygens (including phenoxy) is 2. The van der Waals surface area contributed by atoms with Gasteiger partial charge in [0.05, 0.1) is 12.2 Å². The Morgan fingerprint density at radius 2 is 1.39 bits per heavy atom. The van der Waals surface area contributed by atoms with E-state index in [1.807, 2.05) is 24.3 Å². The molecule has 0 atom stereocenters. The van der Waals surface area contributed by atoms with E-state index in [9.17, 15) is 4.79 Å². The number of esters is 1. The normalized spacial score (nSPS) is 18.1. The molecule has 3 rings (SSSR count). The van der Waals surface area contributed by atoms with E-state index in [1.165, 1.54) is 69.8 Å². The summed E-state index contributed by atoms with van der Waals surface area (Å²) in [6.07, 6.45) is 15.7. The van der Waals surface area contributed by atoms with Gasteiger partial charge in [-0.25, -0.2) is 4.79 Å². The van der Waals surface area contributed by atoms with Gasteiger partial charge in [-0.15, -0.1) is 0 Å². The molecule has 0 spiro atoms. The van der Waals surface area contributed by atoms with E-state index in [1.54, 1.807) is 12.1 Å². The minimum absolute atomic E-state index is 0.312. The van der Waals surface area contributed by atoms with Gasteiger partial charge in [0.1, 0.15) is 11.5 Å². The fourth-order valence-corrected chi connectivity index (χ4v) is 4.82. The molecule has 1 aliphatic rings. The molecule has 0 aliphatic heterocycles. The number of carbonyl (C=O) groups is 1. The molecule has 180 valence electrons. The number of rotatable bonds is 13. The summed E-state index contributed by atoms with van der Waals surface area (Å²) in [4.78, 5) is 12.6. The molecule has 3 nitrogen and oxygen atoms in total. The van der Waals surface area contributed by atoms with Crippen molar-refractivity contribution in [1.29, 1.82) is 0 Å². The molecular formula is C30H42O3. The van der Waals surface area contributed by atoms with E-state index in [4.69, 9.17) is 9.47 Å². The first kappa shape index (κ1) is 25.3. The number of benzene rings is 2. The van der Waals surface area contributed by atoms with E-state index in [2.05, 4.69) is 26.0 Å². The second kappa shape index (κ2) is 14.1. The van der Waals surface area contributed by atoms with Crippen LogP contribution in [0.5, 0.6) is 11.5 Å². The Balaban J connectivity index is 1.42. The van der Waals surface area contributed by atoms with E-state index in [0.717, 1.165) is 24.5 Å². The highest BCUT2D eigenvalue weighted by atomic mass is 16.5. The zero-order chi connectivity index (χ0) is 23.3. The first-order valence-corrected chi connectivity index (χ1v) is 13.2. The van der Waals surface area contributed by atoms with E-state index < -0.39 is 0 Å². The van der Waals surface area contributed by atoms with Gasteiger partial charge in [-0.2, -0.15) is 0 Å². The van der Waals surface area contributed by atoms with Crippen molar-refractivity contribution in [1.82, 2.24) is 0 Å². The topological polar surface area (TPSA) is 35.5 Å². The molecule has 0 heterocycles. The van der Waals surface area contributed by atoms with Gasteiger partial charge in [0.25, 0.3) is 0 Å². The van der Waals surface area contributed by atoms with Crippen molar-refractivity contribution in [3.8, 4) is 11.5 Å². The molecule has 33 heavy (non-hydrogen) atoms. The smallest absolute Gasteiger partial charge is 0.343 e. The van der Waals surface area contributed by atoms with Crippen LogP contribution in [0.4, 0.5) is 0 Å². The molecular weight excluding hydrogens is 408 g/mol. The first-order valence-electron chi connectivity index (χ1n) is 13.2. The highest BCUT2D eigenvalue weighted by Gasteiger charge is 2.22. The van der Waals surface area contributed by atoms with Crippen molar-refractivity contribution in [3.63, 3.8) is 0 Å². The zero-order valence-electron chi connectivity index (χ0n) is 20.7. The third-order valence-corrected chi connectivity index (χ3v) is 6.98. The van der Waals surface area contributed by atoms with Crippen molar-refractivity contribution in [2.45, 2.75) is 96.8 Å². The molecule has 1 saturated carbocycles. The number of carbonyl (C=O) groups excluding carboxylic acids is 1.